The summed E-state index contributed by atoms with van der Waals surface area (Å²) >= 11 is 0.936. The second-order valence-corrected chi connectivity index (χ2v) is 8.16. The second-order valence-electron chi connectivity index (χ2n) is 7.16. The van der Waals surface area contributed by atoms with Gasteiger partial charge in [0.15, 0.2) is 11.7 Å². The molecule has 0 fully saturated rings. The molecule has 4 rings (SSSR count). The molecule has 0 radical (unpaired) electrons. The molecule has 182 valence electrons. The van der Waals surface area contributed by atoms with Gasteiger partial charge in [-0.15, -0.1) is 0 Å². The molecule has 14 heteroatoms. The zero-order chi connectivity index (χ0) is 25.0. The van der Waals surface area contributed by atoms with E-state index in [9.17, 15) is 22.8 Å². The lowest BCUT2D eigenvalue weighted by molar-refractivity contribution is -0.153. The number of aryl methyl sites for hydroxylation is 1. The highest BCUT2D eigenvalue weighted by Gasteiger charge is 2.29. The van der Waals surface area contributed by atoms with Gasteiger partial charge in [0.25, 0.3) is 5.91 Å². The molecule has 0 saturated heterocycles. The first-order valence-corrected chi connectivity index (χ1v) is 10.9. The number of pyridine rings is 1. The van der Waals surface area contributed by atoms with Crippen LogP contribution in [0.4, 0.5) is 18.3 Å². The lowest BCUT2D eigenvalue weighted by Crippen LogP contribution is -2.27. The molecule has 4 aromatic rings. The number of ether oxygens (including phenoxy) is 1. The summed E-state index contributed by atoms with van der Waals surface area (Å²) in [6.45, 7) is 0.211. The summed E-state index contributed by atoms with van der Waals surface area (Å²) in [5.74, 6) is -0.295. The van der Waals surface area contributed by atoms with E-state index in [1.165, 1.54) is 12.3 Å². The monoisotopic (exact) mass is 506 g/mol. The van der Waals surface area contributed by atoms with Crippen molar-refractivity contribution in [1.29, 1.82) is 0 Å². The molecule has 0 spiro atoms. The molecule has 10 nitrogen and oxygen atoms in total. The van der Waals surface area contributed by atoms with E-state index in [1.807, 2.05) is 0 Å². The van der Waals surface area contributed by atoms with Gasteiger partial charge in [-0.3, -0.25) is 9.59 Å². The fraction of sp³-hybridized carbons (Fsp3) is 0.238. The van der Waals surface area contributed by atoms with E-state index in [0.29, 0.717) is 28.4 Å². The van der Waals surface area contributed by atoms with Gasteiger partial charge >= 0.3 is 6.18 Å². The first-order valence-electron chi connectivity index (χ1n) is 10.1. The number of carbonyl (C=O) groups is 2. The number of aromatic nitrogens is 4. The van der Waals surface area contributed by atoms with E-state index >= 15 is 0 Å². The van der Waals surface area contributed by atoms with Crippen LogP contribution in [0.1, 0.15) is 22.7 Å². The molecule has 1 aromatic carbocycles. The Balaban J connectivity index is 1.31. The predicted octanol–water partition coefficient (Wildman–Crippen LogP) is 3.75. The van der Waals surface area contributed by atoms with Crippen molar-refractivity contribution >= 4 is 38.5 Å². The SMILES string of the molecule is Cc1nc(-c2cccc(C(=O)NCCC(=O)Nc3nc4ccnc(OCC(F)(F)F)c4s3)c2)no1. The number of nitrogens with zero attached hydrogens (tertiary/aromatic N) is 4. The zero-order valence-electron chi connectivity index (χ0n) is 18.0. The standard InChI is InChI=1S/C21H17F3N6O4S/c1-11-27-17(30-34-11)12-3-2-4-13(9-12)18(32)25-8-6-15(31)29-20-28-14-5-7-26-19(16(14)35-20)33-10-21(22,23)24/h2-5,7,9H,6,8,10H2,1H3,(H,25,32)(H,28,29,31). The molecular formula is C21H17F3N6O4S. The Kier molecular flexibility index (Phi) is 6.91. The molecule has 0 aliphatic carbocycles. The fourth-order valence-corrected chi connectivity index (χ4v) is 3.85. The summed E-state index contributed by atoms with van der Waals surface area (Å²) in [6.07, 6.45) is -3.30. The molecule has 3 aromatic heterocycles. The lowest BCUT2D eigenvalue weighted by Gasteiger charge is -2.08. The fourth-order valence-electron chi connectivity index (χ4n) is 2.93. The maximum Gasteiger partial charge on any atom is 0.422 e. The number of anilines is 1. The number of thiazole rings is 1. The maximum absolute atomic E-state index is 12.4. The first kappa shape index (κ1) is 24.1. The van der Waals surface area contributed by atoms with Crippen LogP contribution in [0, 0.1) is 6.92 Å². The van der Waals surface area contributed by atoms with E-state index in [2.05, 4.69) is 30.7 Å². The van der Waals surface area contributed by atoms with Crippen LogP contribution in [0.2, 0.25) is 0 Å². The van der Waals surface area contributed by atoms with Gasteiger partial charge in [0, 0.05) is 37.2 Å². The van der Waals surface area contributed by atoms with Crippen LogP contribution in [0.25, 0.3) is 21.6 Å². The summed E-state index contributed by atoms with van der Waals surface area (Å²) in [5.41, 5.74) is 1.30. The number of carbonyl (C=O) groups excluding carboxylic acids is 2. The van der Waals surface area contributed by atoms with Crippen molar-refractivity contribution in [2.45, 2.75) is 19.5 Å². The molecule has 0 saturated carbocycles. The summed E-state index contributed by atoms with van der Waals surface area (Å²) in [7, 11) is 0. The molecule has 0 unspecified atom stereocenters. The Morgan fingerprint density at radius 3 is 2.77 bits per heavy atom. The number of halogens is 3. The third-order valence-corrected chi connectivity index (χ3v) is 5.41. The van der Waals surface area contributed by atoms with Crippen LogP contribution in [-0.4, -0.2) is 51.3 Å². The molecule has 3 heterocycles. The van der Waals surface area contributed by atoms with Crippen molar-refractivity contribution < 1.29 is 32.0 Å². The molecule has 0 aliphatic heterocycles. The molecule has 0 bridgehead atoms. The average molecular weight is 506 g/mol. The molecule has 2 amide bonds. The molecule has 2 N–H and O–H groups in total. The van der Waals surface area contributed by atoms with Gasteiger partial charge in [0.1, 0.15) is 4.70 Å². The first-order chi connectivity index (χ1) is 16.7. The topological polar surface area (TPSA) is 132 Å². The number of alkyl halides is 3. The van der Waals surface area contributed by atoms with Gasteiger partial charge in [-0.05, 0) is 18.2 Å². The van der Waals surface area contributed by atoms with Crippen LogP contribution in [0.5, 0.6) is 5.88 Å². The largest absolute Gasteiger partial charge is 0.467 e. The lowest BCUT2D eigenvalue weighted by atomic mass is 10.1. The van der Waals surface area contributed by atoms with Crippen molar-refractivity contribution in [2.24, 2.45) is 0 Å². The van der Waals surface area contributed by atoms with Crippen molar-refractivity contribution in [3.05, 3.63) is 48.0 Å². The predicted molar refractivity (Wildman–Crippen MR) is 119 cm³/mol. The van der Waals surface area contributed by atoms with E-state index in [1.54, 1.807) is 31.2 Å². The Labute approximate surface area is 199 Å². The quantitative estimate of drug-likeness (QED) is 0.369. The van der Waals surface area contributed by atoms with Gasteiger partial charge in [-0.1, -0.05) is 28.6 Å². The minimum absolute atomic E-state index is 0.0443. The average Bonchev–Trinajstić information content (AvgIpc) is 3.43. The summed E-state index contributed by atoms with van der Waals surface area (Å²) in [4.78, 5) is 36.8. The van der Waals surface area contributed by atoms with Crippen molar-refractivity contribution in [2.75, 3.05) is 18.5 Å². The van der Waals surface area contributed by atoms with Gasteiger partial charge in [-0.25, -0.2) is 9.97 Å². The van der Waals surface area contributed by atoms with Gasteiger partial charge < -0.3 is 19.9 Å². The minimum atomic E-state index is -4.51. The number of amides is 2. The molecule has 0 atom stereocenters. The van der Waals surface area contributed by atoms with Crippen LogP contribution in [0.15, 0.2) is 41.1 Å². The van der Waals surface area contributed by atoms with E-state index in [-0.39, 0.29) is 28.7 Å². The summed E-state index contributed by atoms with van der Waals surface area (Å²) in [6, 6.07) is 8.12. The van der Waals surface area contributed by atoms with Crippen molar-refractivity contribution in [3.63, 3.8) is 0 Å². The molecule has 35 heavy (non-hydrogen) atoms. The number of benzene rings is 1. The van der Waals surface area contributed by atoms with Crippen LogP contribution >= 0.6 is 11.3 Å². The van der Waals surface area contributed by atoms with Crippen LogP contribution in [-0.2, 0) is 4.79 Å². The van der Waals surface area contributed by atoms with Crippen molar-refractivity contribution in [3.8, 4) is 17.3 Å². The van der Waals surface area contributed by atoms with Gasteiger partial charge in [0.05, 0.1) is 5.52 Å². The number of hydrogen-bond donors (Lipinski definition) is 2. The van der Waals surface area contributed by atoms with Crippen molar-refractivity contribution in [1.82, 2.24) is 25.4 Å². The summed E-state index contributed by atoms with van der Waals surface area (Å²) < 4.78 is 47.3. The zero-order valence-corrected chi connectivity index (χ0v) is 18.9. The van der Waals surface area contributed by atoms with E-state index < -0.39 is 24.6 Å². The van der Waals surface area contributed by atoms with Gasteiger partial charge in [-0.2, -0.15) is 18.2 Å². The maximum atomic E-state index is 12.4. The number of nitrogens with one attached hydrogen (secondary N) is 2. The third-order valence-electron chi connectivity index (χ3n) is 4.44. The summed E-state index contributed by atoms with van der Waals surface area (Å²) in [5, 5.41) is 9.20. The van der Waals surface area contributed by atoms with Gasteiger partial charge in [0.2, 0.25) is 23.5 Å². The Hall–Kier alpha value is -4.07. The third kappa shape index (κ3) is 6.29. The van der Waals surface area contributed by atoms with Crippen LogP contribution in [0.3, 0.4) is 0 Å². The Bertz CT molecular complexity index is 1370. The number of fused-ring (bicyclic) bond motifs is 1. The highest BCUT2D eigenvalue weighted by molar-refractivity contribution is 7.22. The number of rotatable bonds is 8. The molecule has 0 aliphatic rings. The normalized spacial score (nSPS) is 11.4. The Morgan fingerprint density at radius 2 is 2.03 bits per heavy atom. The molecular weight excluding hydrogens is 489 g/mol. The smallest absolute Gasteiger partial charge is 0.422 e. The minimum Gasteiger partial charge on any atom is -0.467 e. The number of hydrogen-bond acceptors (Lipinski definition) is 9. The highest BCUT2D eigenvalue weighted by atomic mass is 32.1. The highest BCUT2D eigenvalue weighted by Crippen LogP contribution is 2.32. The van der Waals surface area contributed by atoms with E-state index in [0.717, 1.165) is 11.3 Å². The second kappa shape index (κ2) is 10.0. The van der Waals surface area contributed by atoms with E-state index in [4.69, 9.17) is 9.26 Å². The van der Waals surface area contributed by atoms with Crippen LogP contribution < -0.4 is 15.4 Å². The Morgan fingerprint density at radius 1 is 1.20 bits per heavy atom.